The number of hydrogen-bond acceptors (Lipinski definition) is 3. The number of carboxylic acids is 1. The van der Waals surface area contributed by atoms with Crippen LogP contribution in [0, 0.1) is 5.92 Å². The van der Waals surface area contributed by atoms with Gasteiger partial charge in [-0.1, -0.05) is 24.3 Å². The number of carboxylic acid groups (broad SMARTS) is 1. The van der Waals surface area contributed by atoms with Crippen molar-refractivity contribution in [2.24, 2.45) is 5.92 Å². The van der Waals surface area contributed by atoms with Gasteiger partial charge in [-0.25, -0.2) is 0 Å². The van der Waals surface area contributed by atoms with Crippen LogP contribution < -0.4 is 0 Å². The topological polar surface area (TPSA) is 55.8 Å². The summed E-state index contributed by atoms with van der Waals surface area (Å²) >= 11 is 0. The molecule has 1 aliphatic carbocycles. The van der Waals surface area contributed by atoms with E-state index in [1.807, 2.05) is 30.3 Å². The molecule has 0 heterocycles. The lowest BCUT2D eigenvalue weighted by molar-refractivity contribution is -0.140. The van der Waals surface area contributed by atoms with E-state index in [-0.39, 0.29) is 12.7 Å². The Morgan fingerprint density at radius 1 is 1.47 bits per heavy atom. The molecule has 1 N–H and O–H groups in total. The lowest BCUT2D eigenvalue weighted by Gasteiger charge is -2.06. The van der Waals surface area contributed by atoms with Crippen LogP contribution in [0.2, 0.25) is 0 Å². The highest BCUT2D eigenvalue weighted by Crippen LogP contribution is 2.32. The van der Waals surface area contributed by atoms with Crippen LogP contribution in [0.5, 0.6) is 0 Å². The molecule has 4 heteroatoms. The van der Waals surface area contributed by atoms with E-state index in [2.05, 4.69) is 0 Å². The van der Waals surface area contributed by atoms with Crippen LogP contribution in [-0.2, 0) is 20.9 Å². The van der Waals surface area contributed by atoms with Gasteiger partial charge in [0.05, 0.1) is 12.5 Å². The fraction of sp³-hybridized carbons (Fsp3) is 0.400. The number of allylic oxidation sites excluding steroid dienone is 1. The summed E-state index contributed by atoms with van der Waals surface area (Å²) < 4.78 is 10.1. The molecular weight excluding hydrogens is 244 g/mol. The summed E-state index contributed by atoms with van der Waals surface area (Å²) in [4.78, 5) is 10.9. The van der Waals surface area contributed by atoms with Crippen molar-refractivity contribution in [1.29, 1.82) is 0 Å². The van der Waals surface area contributed by atoms with E-state index in [0.717, 1.165) is 23.1 Å². The molecule has 4 nitrogen and oxygen atoms in total. The number of aliphatic carboxylic acids is 1. The summed E-state index contributed by atoms with van der Waals surface area (Å²) in [6.45, 7) is 0.769. The van der Waals surface area contributed by atoms with E-state index in [1.54, 1.807) is 7.11 Å². The van der Waals surface area contributed by atoms with Crippen molar-refractivity contribution in [2.45, 2.75) is 19.4 Å². The molecule has 0 aromatic heterocycles. The lowest BCUT2D eigenvalue weighted by Crippen LogP contribution is -2.06. The fourth-order valence-corrected chi connectivity index (χ4v) is 2.26. The monoisotopic (exact) mass is 262 g/mol. The maximum atomic E-state index is 10.9. The van der Waals surface area contributed by atoms with E-state index in [4.69, 9.17) is 14.6 Å². The predicted octanol–water partition coefficient (Wildman–Crippen LogP) is 2.69. The Morgan fingerprint density at radius 3 is 3.00 bits per heavy atom. The maximum Gasteiger partial charge on any atom is 0.310 e. The maximum absolute atomic E-state index is 10.9. The first-order chi connectivity index (χ1) is 9.20. The van der Waals surface area contributed by atoms with Gasteiger partial charge in [-0.2, -0.15) is 0 Å². The average molecular weight is 262 g/mol. The van der Waals surface area contributed by atoms with Crippen molar-refractivity contribution in [3.05, 3.63) is 41.5 Å². The Bertz CT molecular complexity index is 479. The summed E-state index contributed by atoms with van der Waals surface area (Å²) in [5, 5.41) is 9.00. The molecule has 19 heavy (non-hydrogen) atoms. The van der Waals surface area contributed by atoms with Crippen LogP contribution in [0.4, 0.5) is 0 Å². The lowest BCUT2D eigenvalue weighted by atomic mass is 10.0. The van der Waals surface area contributed by atoms with Gasteiger partial charge in [0.25, 0.3) is 0 Å². The first-order valence-corrected chi connectivity index (χ1v) is 6.30. The zero-order chi connectivity index (χ0) is 13.7. The SMILES string of the molecule is COCOCc1cccc(C2=C[C@H](C(=O)O)CC2)c1. The minimum absolute atomic E-state index is 0.272. The van der Waals surface area contributed by atoms with Crippen molar-refractivity contribution < 1.29 is 19.4 Å². The smallest absolute Gasteiger partial charge is 0.310 e. The molecule has 1 aromatic rings. The Morgan fingerprint density at radius 2 is 2.32 bits per heavy atom. The highest BCUT2D eigenvalue weighted by Gasteiger charge is 2.22. The van der Waals surface area contributed by atoms with Gasteiger partial charge < -0.3 is 14.6 Å². The molecule has 0 spiro atoms. The standard InChI is InChI=1S/C15H18O4/c1-18-10-19-9-11-3-2-4-12(7-11)13-5-6-14(8-13)15(16)17/h2-4,7-8,14H,5-6,9-10H2,1H3,(H,16,17)/t14-/m1/s1. The molecule has 0 fully saturated rings. The number of carbonyl (C=O) groups is 1. The number of rotatable bonds is 6. The molecule has 0 bridgehead atoms. The van der Waals surface area contributed by atoms with Crippen molar-refractivity contribution in [3.63, 3.8) is 0 Å². The average Bonchev–Trinajstić information content (AvgIpc) is 2.89. The molecule has 0 unspecified atom stereocenters. The van der Waals surface area contributed by atoms with Crippen molar-refractivity contribution >= 4 is 11.5 Å². The largest absolute Gasteiger partial charge is 0.481 e. The van der Waals surface area contributed by atoms with Crippen molar-refractivity contribution in [3.8, 4) is 0 Å². The van der Waals surface area contributed by atoms with Crippen LogP contribution >= 0.6 is 0 Å². The second kappa shape index (κ2) is 6.50. The van der Waals surface area contributed by atoms with Crippen LogP contribution in [0.3, 0.4) is 0 Å². The summed E-state index contributed by atoms with van der Waals surface area (Å²) in [5.41, 5.74) is 3.26. The molecule has 2 rings (SSSR count). The molecule has 1 atom stereocenters. The molecule has 0 saturated heterocycles. The van der Waals surface area contributed by atoms with E-state index in [1.165, 1.54) is 0 Å². The minimum atomic E-state index is -0.741. The molecule has 1 aliphatic rings. The highest BCUT2D eigenvalue weighted by molar-refractivity contribution is 5.79. The van der Waals surface area contributed by atoms with Crippen molar-refractivity contribution in [1.82, 2.24) is 0 Å². The fourth-order valence-electron chi connectivity index (χ4n) is 2.26. The zero-order valence-corrected chi connectivity index (χ0v) is 11.0. The van der Waals surface area contributed by atoms with Gasteiger partial charge in [-0.05, 0) is 35.6 Å². The Balaban J connectivity index is 2.07. The quantitative estimate of drug-likeness (QED) is 0.632. The van der Waals surface area contributed by atoms with Gasteiger partial charge in [-0.15, -0.1) is 0 Å². The third-order valence-corrected chi connectivity index (χ3v) is 3.21. The number of methoxy groups -OCH3 is 1. The number of ether oxygens (including phenoxy) is 2. The van der Waals surface area contributed by atoms with Crippen LogP contribution in [0.15, 0.2) is 30.3 Å². The van der Waals surface area contributed by atoms with Crippen LogP contribution in [0.25, 0.3) is 5.57 Å². The molecule has 0 saturated carbocycles. The molecule has 0 amide bonds. The van der Waals surface area contributed by atoms with E-state index < -0.39 is 5.97 Å². The molecule has 0 radical (unpaired) electrons. The molecule has 102 valence electrons. The first kappa shape index (κ1) is 13.8. The third kappa shape index (κ3) is 3.66. The summed E-state index contributed by atoms with van der Waals surface area (Å²) in [7, 11) is 1.59. The zero-order valence-electron chi connectivity index (χ0n) is 11.0. The second-order valence-electron chi connectivity index (χ2n) is 4.63. The Labute approximate surface area is 112 Å². The summed E-state index contributed by atoms with van der Waals surface area (Å²) in [6.07, 6.45) is 3.37. The van der Waals surface area contributed by atoms with Crippen LogP contribution in [-0.4, -0.2) is 25.0 Å². The minimum Gasteiger partial charge on any atom is -0.481 e. The highest BCUT2D eigenvalue weighted by atomic mass is 16.7. The van der Waals surface area contributed by atoms with Gasteiger partial charge >= 0.3 is 5.97 Å². The van der Waals surface area contributed by atoms with E-state index >= 15 is 0 Å². The molecule has 1 aromatic carbocycles. The number of benzene rings is 1. The Hall–Kier alpha value is -1.65. The predicted molar refractivity (Wildman–Crippen MR) is 71.4 cm³/mol. The van der Waals surface area contributed by atoms with Gasteiger partial charge in [-0.3, -0.25) is 4.79 Å². The second-order valence-corrected chi connectivity index (χ2v) is 4.63. The number of hydrogen-bond donors (Lipinski definition) is 1. The van der Waals surface area contributed by atoms with Crippen molar-refractivity contribution in [2.75, 3.05) is 13.9 Å². The van der Waals surface area contributed by atoms with Gasteiger partial charge in [0.1, 0.15) is 6.79 Å². The molecule has 0 aliphatic heterocycles. The van der Waals surface area contributed by atoms with Gasteiger partial charge in [0.15, 0.2) is 0 Å². The molecular formula is C15H18O4. The summed E-state index contributed by atoms with van der Waals surface area (Å²) in [5.74, 6) is -1.09. The third-order valence-electron chi connectivity index (χ3n) is 3.21. The van der Waals surface area contributed by atoms with Crippen LogP contribution in [0.1, 0.15) is 24.0 Å². The van der Waals surface area contributed by atoms with Gasteiger partial charge in [0.2, 0.25) is 0 Å². The van der Waals surface area contributed by atoms with E-state index in [9.17, 15) is 4.79 Å². The van der Waals surface area contributed by atoms with E-state index in [0.29, 0.717) is 13.0 Å². The normalized spacial score (nSPS) is 18.4. The summed E-state index contributed by atoms with van der Waals surface area (Å²) in [6, 6.07) is 8.01. The first-order valence-electron chi connectivity index (χ1n) is 6.30. The van der Waals surface area contributed by atoms with Gasteiger partial charge in [0, 0.05) is 7.11 Å². The Kier molecular flexibility index (Phi) is 4.71.